The predicted molar refractivity (Wildman–Crippen MR) is 101 cm³/mol. The molecular weight excluding hydrogens is 348 g/mol. The maximum atomic E-state index is 12.3. The summed E-state index contributed by atoms with van der Waals surface area (Å²) in [4.78, 5) is 12.3. The molecule has 1 aliphatic carbocycles. The summed E-state index contributed by atoms with van der Waals surface area (Å²) in [7, 11) is 0. The maximum Gasteiger partial charge on any atom is 0.268 e. The maximum absolute atomic E-state index is 12.3. The van der Waals surface area contributed by atoms with Crippen LogP contribution in [0.4, 0.5) is 5.13 Å². The molecule has 7 heteroatoms. The lowest BCUT2D eigenvalue weighted by atomic mass is 10.1. The highest BCUT2D eigenvalue weighted by Gasteiger charge is 2.27. The van der Waals surface area contributed by atoms with Crippen molar-refractivity contribution in [1.82, 2.24) is 10.2 Å². The molecule has 1 aromatic heterocycles. The molecule has 3 rings (SSSR count). The molecular formula is C19H20N4O2S. The molecule has 0 bridgehead atoms. The van der Waals surface area contributed by atoms with Crippen molar-refractivity contribution < 1.29 is 9.53 Å². The van der Waals surface area contributed by atoms with Gasteiger partial charge in [0.25, 0.3) is 5.91 Å². The standard InChI is InChI=1S/C19H20N4O2S/c1-2-3-10-25-16-8-4-13(5-9-16)11-15(12-20)17(24)21-19-23-22-18(26-19)14-6-7-14/h4-5,8-9,11,14H,2-3,6-7,10H2,1H3,(H,21,23,24)/b15-11+. The lowest BCUT2D eigenvalue weighted by molar-refractivity contribution is -0.112. The van der Waals surface area contributed by atoms with Crippen molar-refractivity contribution in [2.45, 2.75) is 38.5 Å². The van der Waals surface area contributed by atoms with Crippen LogP contribution in [0.25, 0.3) is 6.08 Å². The van der Waals surface area contributed by atoms with Gasteiger partial charge in [0.05, 0.1) is 6.61 Å². The van der Waals surface area contributed by atoms with Crippen molar-refractivity contribution in [3.8, 4) is 11.8 Å². The predicted octanol–water partition coefficient (Wildman–Crippen LogP) is 4.14. The molecule has 1 heterocycles. The first-order valence-electron chi connectivity index (χ1n) is 8.69. The number of ether oxygens (including phenoxy) is 1. The Balaban J connectivity index is 1.62. The lowest BCUT2D eigenvalue weighted by Crippen LogP contribution is -2.13. The number of rotatable bonds is 8. The van der Waals surface area contributed by atoms with Crippen LogP contribution in [-0.4, -0.2) is 22.7 Å². The Morgan fingerprint density at radius 2 is 2.15 bits per heavy atom. The second-order valence-corrected chi connectivity index (χ2v) is 7.12. The van der Waals surface area contributed by atoms with Gasteiger partial charge in [0, 0.05) is 5.92 Å². The van der Waals surface area contributed by atoms with Gasteiger partial charge in [0.15, 0.2) is 0 Å². The van der Waals surface area contributed by atoms with E-state index in [1.54, 1.807) is 6.08 Å². The van der Waals surface area contributed by atoms with E-state index in [1.165, 1.54) is 11.3 Å². The van der Waals surface area contributed by atoms with Crippen LogP contribution in [0.1, 0.15) is 49.1 Å². The highest BCUT2D eigenvalue weighted by atomic mass is 32.1. The van der Waals surface area contributed by atoms with Crippen LogP contribution in [0.15, 0.2) is 29.8 Å². The first-order chi connectivity index (χ1) is 12.7. The van der Waals surface area contributed by atoms with E-state index in [2.05, 4.69) is 22.4 Å². The van der Waals surface area contributed by atoms with Gasteiger partial charge >= 0.3 is 0 Å². The molecule has 134 valence electrons. The number of carbonyl (C=O) groups is 1. The number of nitrogens with zero attached hydrogens (tertiary/aromatic N) is 3. The molecule has 1 fully saturated rings. The van der Waals surface area contributed by atoms with E-state index >= 15 is 0 Å². The zero-order valence-electron chi connectivity index (χ0n) is 14.6. The van der Waals surface area contributed by atoms with Crippen LogP contribution in [0.5, 0.6) is 5.75 Å². The van der Waals surface area contributed by atoms with E-state index < -0.39 is 5.91 Å². The van der Waals surface area contributed by atoms with Crippen LogP contribution in [0, 0.1) is 11.3 Å². The fraction of sp³-hybridized carbons (Fsp3) is 0.368. The Labute approximate surface area is 156 Å². The first-order valence-corrected chi connectivity index (χ1v) is 9.50. The second kappa shape index (κ2) is 8.59. The third kappa shape index (κ3) is 4.90. The van der Waals surface area contributed by atoms with Crippen LogP contribution in [-0.2, 0) is 4.79 Å². The van der Waals surface area contributed by atoms with E-state index in [-0.39, 0.29) is 5.57 Å². The van der Waals surface area contributed by atoms with Crippen molar-refractivity contribution in [1.29, 1.82) is 5.26 Å². The number of nitriles is 1. The average Bonchev–Trinajstić information content (AvgIpc) is 3.40. The molecule has 6 nitrogen and oxygen atoms in total. The van der Waals surface area contributed by atoms with Crippen LogP contribution in [0.3, 0.4) is 0 Å². The number of carbonyl (C=O) groups excluding carboxylic acids is 1. The minimum Gasteiger partial charge on any atom is -0.494 e. The molecule has 0 saturated heterocycles. The number of amides is 1. The molecule has 0 atom stereocenters. The van der Waals surface area contributed by atoms with E-state index in [0.29, 0.717) is 17.7 Å². The van der Waals surface area contributed by atoms with Crippen molar-refractivity contribution in [2.24, 2.45) is 0 Å². The Morgan fingerprint density at radius 1 is 1.38 bits per heavy atom. The molecule has 1 N–H and O–H groups in total. The van der Waals surface area contributed by atoms with Gasteiger partial charge < -0.3 is 4.74 Å². The molecule has 1 aliphatic rings. The highest BCUT2D eigenvalue weighted by molar-refractivity contribution is 7.15. The van der Waals surface area contributed by atoms with Crippen LogP contribution < -0.4 is 10.1 Å². The SMILES string of the molecule is CCCCOc1ccc(/C=C(\C#N)C(=O)Nc2nnc(C3CC3)s2)cc1. The quantitative estimate of drug-likeness (QED) is 0.430. The van der Waals surface area contributed by atoms with Gasteiger partial charge in [-0.1, -0.05) is 36.8 Å². The molecule has 0 unspecified atom stereocenters. The fourth-order valence-corrected chi connectivity index (χ4v) is 3.16. The van der Waals surface area contributed by atoms with Gasteiger partial charge in [-0.15, -0.1) is 10.2 Å². The second-order valence-electron chi connectivity index (χ2n) is 6.11. The van der Waals surface area contributed by atoms with E-state index in [9.17, 15) is 10.1 Å². The molecule has 1 aromatic carbocycles. The van der Waals surface area contributed by atoms with Crippen LogP contribution >= 0.6 is 11.3 Å². The van der Waals surface area contributed by atoms with Gasteiger partial charge in [-0.25, -0.2) is 0 Å². The largest absolute Gasteiger partial charge is 0.494 e. The molecule has 0 aliphatic heterocycles. The Bertz CT molecular complexity index is 832. The van der Waals surface area contributed by atoms with Gasteiger partial charge in [-0.2, -0.15) is 5.26 Å². The number of nitrogens with one attached hydrogen (secondary N) is 1. The first kappa shape index (κ1) is 18.1. The number of hydrogen-bond acceptors (Lipinski definition) is 6. The Hall–Kier alpha value is -2.72. The summed E-state index contributed by atoms with van der Waals surface area (Å²) in [6.07, 6.45) is 5.90. The van der Waals surface area contributed by atoms with Crippen molar-refractivity contribution in [3.63, 3.8) is 0 Å². The normalized spacial score (nSPS) is 13.9. The third-order valence-electron chi connectivity index (χ3n) is 3.91. The lowest BCUT2D eigenvalue weighted by Gasteiger charge is -2.05. The molecule has 2 aromatic rings. The van der Waals surface area contributed by atoms with E-state index in [1.807, 2.05) is 30.3 Å². The van der Waals surface area contributed by atoms with Gasteiger partial charge in [0.1, 0.15) is 22.4 Å². The molecule has 0 radical (unpaired) electrons. The summed E-state index contributed by atoms with van der Waals surface area (Å²) >= 11 is 1.37. The number of hydrogen-bond donors (Lipinski definition) is 1. The van der Waals surface area contributed by atoms with Crippen molar-refractivity contribution in [2.75, 3.05) is 11.9 Å². The van der Waals surface area contributed by atoms with Gasteiger partial charge in [-0.3, -0.25) is 10.1 Å². The average molecular weight is 368 g/mol. The summed E-state index contributed by atoms with van der Waals surface area (Å²) in [5.74, 6) is 0.788. The summed E-state index contributed by atoms with van der Waals surface area (Å²) in [6, 6.07) is 9.25. The van der Waals surface area contributed by atoms with Crippen molar-refractivity contribution in [3.05, 3.63) is 40.4 Å². The zero-order valence-corrected chi connectivity index (χ0v) is 15.4. The minimum atomic E-state index is -0.478. The number of benzene rings is 1. The summed E-state index contributed by atoms with van der Waals surface area (Å²) in [6.45, 7) is 2.79. The zero-order chi connectivity index (χ0) is 18.4. The summed E-state index contributed by atoms with van der Waals surface area (Å²) in [5, 5.41) is 21.4. The summed E-state index contributed by atoms with van der Waals surface area (Å²) < 4.78 is 5.61. The summed E-state index contributed by atoms with van der Waals surface area (Å²) in [5.41, 5.74) is 0.781. The Morgan fingerprint density at radius 3 is 2.81 bits per heavy atom. The topological polar surface area (TPSA) is 87.9 Å². The van der Waals surface area contributed by atoms with Crippen molar-refractivity contribution >= 4 is 28.5 Å². The fourth-order valence-electron chi connectivity index (χ4n) is 2.25. The van der Waals surface area contributed by atoms with E-state index in [0.717, 1.165) is 42.0 Å². The molecule has 1 amide bonds. The molecule has 0 spiro atoms. The Kier molecular flexibility index (Phi) is 5.97. The minimum absolute atomic E-state index is 0.0211. The van der Waals surface area contributed by atoms with E-state index in [4.69, 9.17) is 4.74 Å². The monoisotopic (exact) mass is 368 g/mol. The number of unbranched alkanes of at least 4 members (excludes halogenated alkanes) is 1. The third-order valence-corrected chi connectivity index (χ3v) is 4.91. The molecule has 1 saturated carbocycles. The smallest absolute Gasteiger partial charge is 0.268 e. The van der Waals surface area contributed by atoms with Crippen LogP contribution in [0.2, 0.25) is 0 Å². The molecule has 26 heavy (non-hydrogen) atoms. The number of aromatic nitrogens is 2. The van der Waals surface area contributed by atoms with Gasteiger partial charge in [0.2, 0.25) is 5.13 Å². The van der Waals surface area contributed by atoms with Gasteiger partial charge in [-0.05, 0) is 43.0 Å². The number of anilines is 1. The highest BCUT2D eigenvalue weighted by Crippen LogP contribution is 2.42.